The number of methoxy groups -OCH3 is 2. The van der Waals surface area contributed by atoms with Gasteiger partial charge in [-0.15, -0.1) is 0 Å². The largest absolute Gasteiger partial charge is 0.497 e. The SMILES string of the molecule is COC(=O)C(NC(=O)OC(C)(C)C)c1ccc(OC)cc1. The number of amides is 1. The fourth-order valence-electron chi connectivity index (χ4n) is 1.62. The summed E-state index contributed by atoms with van der Waals surface area (Å²) in [6.45, 7) is 5.23. The first-order chi connectivity index (χ1) is 9.76. The smallest absolute Gasteiger partial charge is 0.408 e. The van der Waals surface area contributed by atoms with E-state index in [1.807, 2.05) is 0 Å². The Bertz CT molecular complexity index is 490. The Morgan fingerprint density at radius 2 is 1.67 bits per heavy atom. The molecule has 0 radical (unpaired) electrons. The summed E-state index contributed by atoms with van der Waals surface area (Å²) in [7, 11) is 2.81. The molecule has 0 saturated carbocycles. The third-order valence-electron chi connectivity index (χ3n) is 2.55. The van der Waals surface area contributed by atoms with Crippen LogP contribution in [0, 0.1) is 0 Å². The van der Waals surface area contributed by atoms with Gasteiger partial charge in [0.2, 0.25) is 0 Å². The first-order valence-corrected chi connectivity index (χ1v) is 6.48. The molecule has 0 aliphatic heterocycles. The van der Waals surface area contributed by atoms with Crippen LogP contribution in [-0.2, 0) is 14.3 Å². The fourth-order valence-corrected chi connectivity index (χ4v) is 1.62. The Morgan fingerprint density at radius 3 is 2.10 bits per heavy atom. The quantitative estimate of drug-likeness (QED) is 0.864. The average Bonchev–Trinajstić information content (AvgIpc) is 2.42. The van der Waals surface area contributed by atoms with Gasteiger partial charge in [-0.25, -0.2) is 9.59 Å². The van der Waals surface area contributed by atoms with Gasteiger partial charge >= 0.3 is 12.1 Å². The van der Waals surface area contributed by atoms with Crippen LogP contribution in [0.5, 0.6) is 5.75 Å². The summed E-state index contributed by atoms with van der Waals surface area (Å²) in [5.74, 6) is 0.0747. The zero-order valence-corrected chi connectivity index (χ0v) is 12.9. The van der Waals surface area contributed by atoms with Crippen molar-refractivity contribution in [1.82, 2.24) is 5.32 Å². The number of carbonyl (C=O) groups is 2. The van der Waals surface area contributed by atoms with Crippen molar-refractivity contribution in [2.75, 3.05) is 14.2 Å². The molecule has 1 aromatic carbocycles. The molecule has 1 N–H and O–H groups in total. The second kappa shape index (κ2) is 6.97. The third kappa shape index (κ3) is 5.33. The molecule has 0 spiro atoms. The van der Waals surface area contributed by atoms with Gasteiger partial charge in [-0.05, 0) is 38.5 Å². The molecule has 0 aromatic heterocycles. The van der Waals surface area contributed by atoms with Crippen molar-refractivity contribution in [2.45, 2.75) is 32.4 Å². The Hall–Kier alpha value is -2.24. The highest BCUT2D eigenvalue weighted by Gasteiger charge is 2.26. The minimum absolute atomic E-state index is 0.577. The predicted molar refractivity (Wildman–Crippen MR) is 77.1 cm³/mol. The number of nitrogens with one attached hydrogen (secondary N) is 1. The highest BCUT2D eigenvalue weighted by atomic mass is 16.6. The zero-order chi connectivity index (χ0) is 16.0. The molecule has 1 amide bonds. The number of esters is 1. The van der Waals surface area contributed by atoms with Crippen LogP contribution in [0.15, 0.2) is 24.3 Å². The number of carbonyl (C=O) groups excluding carboxylic acids is 2. The van der Waals surface area contributed by atoms with E-state index in [9.17, 15) is 9.59 Å². The molecule has 0 aliphatic rings. The molecule has 21 heavy (non-hydrogen) atoms. The first kappa shape index (κ1) is 16.8. The Kier molecular flexibility index (Phi) is 5.58. The van der Waals surface area contributed by atoms with Crippen LogP contribution in [0.1, 0.15) is 32.4 Å². The average molecular weight is 295 g/mol. The first-order valence-electron chi connectivity index (χ1n) is 6.48. The van der Waals surface area contributed by atoms with Gasteiger partial charge in [-0.3, -0.25) is 0 Å². The van der Waals surface area contributed by atoms with Gasteiger partial charge in [-0.2, -0.15) is 0 Å². The van der Waals surface area contributed by atoms with Gasteiger partial charge in [0.1, 0.15) is 11.4 Å². The van der Waals surface area contributed by atoms with Crippen LogP contribution < -0.4 is 10.1 Å². The zero-order valence-electron chi connectivity index (χ0n) is 12.9. The molecule has 0 saturated heterocycles. The van der Waals surface area contributed by atoms with Gasteiger partial charge in [-0.1, -0.05) is 12.1 Å². The van der Waals surface area contributed by atoms with Crippen molar-refractivity contribution >= 4 is 12.1 Å². The highest BCUT2D eigenvalue weighted by Crippen LogP contribution is 2.19. The van der Waals surface area contributed by atoms with Crippen LogP contribution in [0.4, 0.5) is 4.79 Å². The molecule has 6 nitrogen and oxygen atoms in total. The lowest BCUT2D eigenvalue weighted by molar-refractivity contribution is -0.143. The van der Waals surface area contributed by atoms with E-state index < -0.39 is 23.7 Å². The molecule has 1 unspecified atom stereocenters. The number of benzene rings is 1. The maximum Gasteiger partial charge on any atom is 0.408 e. The van der Waals surface area contributed by atoms with Gasteiger partial charge < -0.3 is 19.5 Å². The van der Waals surface area contributed by atoms with Gasteiger partial charge in [0, 0.05) is 0 Å². The van der Waals surface area contributed by atoms with Crippen molar-refractivity contribution in [3.8, 4) is 5.75 Å². The van der Waals surface area contributed by atoms with E-state index >= 15 is 0 Å². The van der Waals surface area contributed by atoms with Gasteiger partial charge in [0.25, 0.3) is 0 Å². The van der Waals surface area contributed by atoms with E-state index in [0.717, 1.165) is 0 Å². The number of alkyl carbamates (subject to hydrolysis) is 1. The summed E-state index contributed by atoms with van der Waals surface area (Å²) in [6, 6.07) is 5.82. The summed E-state index contributed by atoms with van der Waals surface area (Å²) in [4.78, 5) is 23.7. The lowest BCUT2D eigenvalue weighted by Gasteiger charge is -2.22. The summed E-state index contributed by atoms with van der Waals surface area (Å²) in [5.41, 5.74) is -0.0708. The number of rotatable bonds is 4. The summed E-state index contributed by atoms with van der Waals surface area (Å²) < 4.78 is 14.9. The minimum atomic E-state index is -0.934. The van der Waals surface area contributed by atoms with Crippen LogP contribution >= 0.6 is 0 Å². The van der Waals surface area contributed by atoms with E-state index in [2.05, 4.69) is 5.32 Å². The minimum Gasteiger partial charge on any atom is -0.497 e. The van der Waals surface area contributed by atoms with Gasteiger partial charge in [0.15, 0.2) is 6.04 Å². The lowest BCUT2D eigenvalue weighted by Crippen LogP contribution is -2.38. The Balaban J connectivity index is 2.90. The van der Waals surface area contributed by atoms with Crippen LogP contribution in [0.2, 0.25) is 0 Å². The molecule has 1 atom stereocenters. The molecular weight excluding hydrogens is 274 g/mol. The predicted octanol–water partition coefficient (Wildman–Crippen LogP) is 2.43. The Labute approximate surface area is 124 Å². The number of ether oxygens (including phenoxy) is 3. The molecular formula is C15H21NO5. The molecule has 0 fully saturated rings. The standard InChI is InChI=1S/C15H21NO5/c1-15(2,3)21-14(18)16-12(13(17)20-5)10-6-8-11(19-4)9-7-10/h6-9,12H,1-5H3,(H,16,18). The lowest BCUT2D eigenvalue weighted by atomic mass is 10.1. The van der Waals surface area contributed by atoms with Gasteiger partial charge in [0.05, 0.1) is 14.2 Å². The van der Waals surface area contributed by atoms with E-state index in [1.165, 1.54) is 7.11 Å². The second-order valence-corrected chi connectivity index (χ2v) is 5.38. The molecule has 0 aliphatic carbocycles. The molecule has 0 heterocycles. The summed E-state index contributed by atoms with van der Waals surface area (Å²) in [5, 5.41) is 2.50. The van der Waals surface area contributed by atoms with E-state index in [4.69, 9.17) is 14.2 Å². The molecule has 6 heteroatoms. The third-order valence-corrected chi connectivity index (χ3v) is 2.55. The topological polar surface area (TPSA) is 73.9 Å². The van der Waals surface area contributed by atoms with Crippen LogP contribution in [-0.4, -0.2) is 31.9 Å². The summed E-state index contributed by atoms with van der Waals surface area (Å²) >= 11 is 0. The maximum absolute atomic E-state index is 11.8. The highest BCUT2D eigenvalue weighted by molar-refractivity contribution is 5.82. The van der Waals surface area contributed by atoms with E-state index in [1.54, 1.807) is 52.1 Å². The normalized spacial score (nSPS) is 12.2. The number of hydrogen-bond acceptors (Lipinski definition) is 5. The Morgan fingerprint density at radius 1 is 1.10 bits per heavy atom. The molecule has 0 bridgehead atoms. The van der Waals surface area contributed by atoms with Crippen molar-refractivity contribution in [2.24, 2.45) is 0 Å². The van der Waals surface area contributed by atoms with Crippen molar-refractivity contribution in [1.29, 1.82) is 0 Å². The maximum atomic E-state index is 11.8. The van der Waals surface area contributed by atoms with Crippen LogP contribution in [0.25, 0.3) is 0 Å². The summed E-state index contributed by atoms with van der Waals surface area (Å²) in [6.07, 6.45) is -0.686. The number of hydrogen-bond donors (Lipinski definition) is 1. The van der Waals surface area contributed by atoms with E-state index in [-0.39, 0.29) is 0 Å². The second-order valence-electron chi connectivity index (χ2n) is 5.38. The monoisotopic (exact) mass is 295 g/mol. The molecule has 116 valence electrons. The molecule has 1 aromatic rings. The van der Waals surface area contributed by atoms with Crippen molar-refractivity contribution in [3.05, 3.63) is 29.8 Å². The fraction of sp³-hybridized carbons (Fsp3) is 0.467. The van der Waals surface area contributed by atoms with E-state index in [0.29, 0.717) is 11.3 Å². The van der Waals surface area contributed by atoms with Crippen molar-refractivity contribution in [3.63, 3.8) is 0 Å². The molecule has 1 rings (SSSR count). The van der Waals surface area contributed by atoms with Crippen molar-refractivity contribution < 1.29 is 23.8 Å². The van der Waals surface area contributed by atoms with Crippen LogP contribution in [0.3, 0.4) is 0 Å².